The third-order valence-corrected chi connectivity index (χ3v) is 4.48. The standard InChI is InChI=1S/C19H24BrN3O.ClH/c1-4-23(5-2)17-10-11-18(14(3)12-17)22-19(24)21-13-15-6-8-16(20)9-7-15;/h6-12H,4-5,13H2,1-3H3,(H2,21,22,24);1H/p-1. The zero-order valence-corrected chi connectivity index (χ0v) is 17.1. The average Bonchev–Trinajstić information content (AvgIpc) is 2.58. The van der Waals surface area contributed by atoms with Gasteiger partial charge in [-0.2, -0.15) is 0 Å². The Kier molecular flexibility index (Phi) is 8.79. The normalized spacial score (nSPS) is 9.92. The van der Waals surface area contributed by atoms with E-state index in [1.807, 2.05) is 43.3 Å². The number of urea groups is 1. The number of hydrogen-bond donors (Lipinski definition) is 2. The second-order valence-electron chi connectivity index (χ2n) is 5.61. The van der Waals surface area contributed by atoms with Crippen LogP contribution in [-0.2, 0) is 6.54 Å². The zero-order chi connectivity index (χ0) is 17.5. The number of aryl methyl sites for hydroxylation is 1. The highest BCUT2D eigenvalue weighted by Crippen LogP contribution is 2.22. The first-order valence-corrected chi connectivity index (χ1v) is 8.97. The third-order valence-electron chi connectivity index (χ3n) is 3.95. The second-order valence-corrected chi connectivity index (χ2v) is 6.52. The molecule has 0 bridgehead atoms. The number of rotatable bonds is 6. The first-order valence-electron chi connectivity index (χ1n) is 8.18. The fourth-order valence-corrected chi connectivity index (χ4v) is 2.79. The molecule has 0 fully saturated rings. The van der Waals surface area contributed by atoms with Crippen LogP contribution in [0.25, 0.3) is 0 Å². The fraction of sp³-hybridized carbons (Fsp3) is 0.316. The van der Waals surface area contributed by atoms with E-state index in [-0.39, 0.29) is 18.4 Å². The van der Waals surface area contributed by atoms with Crippen molar-refractivity contribution < 1.29 is 17.2 Å². The van der Waals surface area contributed by atoms with Crippen LogP contribution in [-0.4, -0.2) is 19.1 Å². The molecule has 0 atom stereocenters. The predicted molar refractivity (Wildman–Crippen MR) is 105 cm³/mol. The van der Waals surface area contributed by atoms with E-state index in [0.717, 1.165) is 34.4 Å². The molecule has 2 N–H and O–H groups in total. The summed E-state index contributed by atoms with van der Waals surface area (Å²) >= 11 is 3.40. The summed E-state index contributed by atoms with van der Waals surface area (Å²) in [4.78, 5) is 14.4. The van der Waals surface area contributed by atoms with E-state index < -0.39 is 0 Å². The molecule has 0 saturated carbocycles. The molecular weight excluding hydrogens is 402 g/mol. The van der Waals surface area contributed by atoms with Crippen molar-refractivity contribution in [1.29, 1.82) is 0 Å². The molecule has 136 valence electrons. The fourth-order valence-electron chi connectivity index (χ4n) is 2.52. The van der Waals surface area contributed by atoms with E-state index >= 15 is 0 Å². The highest BCUT2D eigenvalue weighted by molar-refractivity contribution is 9.10. The van der Waals surface area contributed by atoms with E-state index in [9.17, 15) is 4.79 Å². The monoisotopic (exact) mass is 424 g/mol. The molecule has 0 aliphatic carbocycles. The van der Waals surface area contributed by atoms with Crippen LogP contribution in [0.1, 0.15) is 25.0 Å². The summed E-state index contributed by atoms with van der Waals surface area (Å²) in [6.45, 7) is 8.72. The highest BCUT2D eigenvalue weighted by atomic mass is 79.9. The Morgan fingerprint density at radius 2 is 1.72 bits per heavy atom. The number of benzene rings is 2. The lowest BCUT2D eigenvalue weighted by Crippen LogP contribution is -3.00. The van der Waals surface area contributed by atoms with Crippen LogP contribution in [0.4, 0.5) is 16.2 Å². The smallest absolute Gasteiger partial charge is 0.319 e. The molecule has 6 heteroatoms. The van der Waals surface area contributed by atoms with E-state index in [1.54, 1.807) is 0 Å². The maximum atomic E-state index is 12.1. The number of anilines is 2. The van der Waals surface area contributed by atoms with Gasteiger partial charge in [-0.3, -0.25) is 0 Å². The van der Waals surface area contributed by atoms with Gasteiger partial charge in [0.1, 0.15) is 0 Å². The number of hydrogen-bond acceptors (Lipinski definition) is 2. The van der Waals surface area contributed by atoms with Gasteiger partial charge in [-0.05, 0) is 62.2 Å². The lowest BCUT2D eigenvalue weighted by Gasteiger charge is -2.22. The first kappa shape index (κ1) is 21.3. The molecule has 2 amide bonds. The van der Waals surface area contributed by atoms with Gasteiger partial charge in [-0.1, -0.05) is 28.1 Å². The van der Waals surface area contributed by atoms with Crippen molar-refractivity contribution in [2.24, 2.45) is 0 Å². The number of nitrogens with one attached hydrogen (secondary N) is 2. The first-order chi connectivity index (χ1) is 11.5. The minimum Gasteiger partial charge on any atom is -1.00 e. The number of halogens is 2. The molecule has 0 aromatic heterocycles. The Morgan fingerprint density at radius 1 is 1.08 bits per heavy atom. The van der Waals surface area contributed by atoms with Crippen LogP contribution >= 0.6 is 15.9 Å². The summed E-state index contributed by atoms with van der Waals surface area (Å²) in [5.41, 5.74) is 4.12. The number of amides is 2. The van der Waals surface area contributed by atoms with Crippen LogP contribution in [0.3, 0.4) is 0 Å². The largest absolute Gasteiger partial charge is 1.00 e. The van der Waals surface area contributed by atoms with E-state index in [1.165, 1.54) is 5.69 Å². The van der Waals surface area contributed by atoms with Crippen LogP contribution in [0.5, 0.6) is 0 Å². The molecule has 25 heavy (non-hydrogen) atoms. The molecule has 0 saturated heterocycles. The van der Waals surface area contributed by atoms with Gasteiger partial charge in [0.05, 0.1) is 0 Å². The van der Waals surface area contributed by atoms with Crippen molar-refractivity contribution in [2.45, 2.75) is 27.3 Å². The van der Waals surface area contributed by atoms with Crippen molar-refractivity contribution in [2.75, 3.05) is 23.3 Å². The Labute approximate surface area is 164 Å². The summed E-state index contributed by atoms with van der Waals surface area (Å²) in [7, 11) is 0. The van der Waals surface area contributed by atoms with Gasteiger partial charge >= 0.3 is 6.03 Å². The van der Waals surface area contributed by atoms with Crippen LogP contribution in [0, 0.1) is 6.92 Å². The lowest BCUT2D eigenvalue weighted by molar-refractivity contribution is -0.00000798. The van der Waals surface area contributed by atoms with Gasteiger partial charge in [0.15, 0.2) is 0 Å². The van der Waals surface area contributed by atoms with Crippen molar-refractivity contribution in [3.05, 3.63) is 58.1 Å². The molecule has 0 unspecified atom stereocenters. The van der Waals surface area contributed by atoms with Crippen molar-refractivity contribution in [3.8, 4) is 0 Å². The molecule has 4 nitrogen and oxygen atoms in total. The molecule has 0 heterocycles. The summed E-state index contributed by atoms with van der Waals surface area (Å²) in [5, 5.41) is 5.79. The SMILES string of the molecule is CCN(CC)c1ccc(NC(=O)NCc2ccc(Br)cc2)c(C)c1.[Cl-]. The Balaban J connectivity index is 0.00000312. The van der Waals surface area contributed by atoms with Gasteiger partial charge in [0.25, 0.3) is 0 Å². The number of carbonyl (C=O) groups excluding carboxylic acids is 1. The molecule has 0 spiro atoms. The van der Waals surface area contributed by atoms with Gasteiger partial charge in [0, 0.05) is 35.5 Å². The third kappa shape index (κ3) is 6.25. The molecular formula is C19H24BrClN3O-. The molecule has 2 aromatic carbocycles. The van der Waals surface area contributed by atoms with Gasteiger partial charge in [0.2, 0.25) is 0 Å². The van der Waals surface area contributed by atoms with Crippen molar-refractivity contribution >= 4 is 33.3 Å². The average molecular weight is 426 g/mol. The second kappa shape index (κ2) is 10.3. The van der Waals surface area contributed by atoms with Crippen LogP contribution in [0.15, 0.2) is 46.9 Å². The molecule has 2 rings (SSSR count). The highest BCUT2D eigenvalue weighted by Gasteiger charge is 2.07. The summed E-state index contributed by atoms with van der Waals surface area (Å²) in [5.74, 6) is 0. The Bertz CT molecular complexity index is 688. The predicted octanol–water partition coefficient (Wildman–Crippen LogP) is 1.93. The number of nitrogens with zero attached hydrogens (tertiary/aromatic N) is 1. The summed E-state index contributed by atoms with van der Waals surface area (Å²) in [6.07, 6.45) is 0. The summed E-state index contributed by atoms with van der Waals surface area (Å²) < 4.78 is 1.03. The van der Waals surface area contributed by atoms with E-state index in [0.29, 0.717) is 6.54 Å². The Hall–Kier alpha value is -1.72. The van der Waals surface area contributed by atoms with Crippen molar-refractivity contribution in [3.63, 3.8) is 0 Å². The van der Waals surface area contributed by atoms with Crippen LogP contribution in [0.2, 0.25) is 0 Å². The van der Waals surface area contributed by atoms with E-state index in [2.05, 4.69) is 51.4 Å². The molecule has 0 aliphatic heterocycles. The van der Waals surface area contributed by atoms with Crippen LogP contribution < -0.4 is 27.9 Å². The minimum atomic E-state index is -0.198. The number of carbonyl (C=O) groups is 1. The van der Waals surface area contributed by atoms with E-state index in [4.69, 9.17) is 0 Å². The van der Waals surface area contributed by atoms with Crippen molar-refractivity contribution in [1.82, 2.24) is 5.32 Å². The minimum absolute atomic E-state index is 0. The van der Waals surface area contributed by atoms with Gasteiger partial charge in [-0.15, -0.1) is 0 Å². The Morgan fingerprint density at radius 3 is 2.28 bits per heavy atom. The maximum absolute atomic E-state index is 12.1. The maximum Gasteiger partial charge on any atom is 0.319 e. The zero-order valence-electron chi connectivity index (χ0n) is 14.8. The lowest BCUT2D eigenvalue weighted by atomic mass is 10.1. The molecule has 2 aromatic rings. The quantitative estimate of drug-likeness (QED) is 0.743. The topological polar surface area (TPSA) is 44.4 Å². The summed E-state index contributed by atoms with van der Waals surface area (Å²) in [6, 6.07) is 13.8. The van der Waals surface area contributed by atoms with Gasteiger partial charge < -0.3 is 27.9 Å². The molecule has 0 aliphatic rings. The van der Waals surface area contributed by atoms with Gasteiger partial charge in [-0.25, -0.2) is 4.79 Å². The molecule has 0 radical (unpaired) electrons.